The fourth-order valence-electron chi connectivity index (χ4n) is 2.34. The second-order valence-electron chi connectivity index (χ2n) is 4.78. The van der Waals surface area contributed by atoms with Gasteiger partial charge in [-0.1, -0.05) is 17.3 Å². The molecule has 0 bridgehead atoms. The Balaban J connectivity index is 1.65. The summed E-state index contributed by atoms with van der Waals surface area (Å²) in [5.74, 6) is -0.406. The first-order valence-electron chi connectivity index (χ1n) is 6.59. The van der Waals surface area contributed by atoms with Crippen LogP contribution in [0.3, 0.4) is 0 Å². The van der Waals surface area contributed by atoms with E-state index in [4.69, 9.17) is 9.57 Å². The molecule has 106 valence electrons. The van der Waals surface area contributed by atoms with Crippen LogP contribution >= 0.6 is 0 Å². The van der Waals surface area contributed by atoms with E-state index in [0.29, 0.717) is 44.0 Å². The van der Waals surface area contributed by atoms with Crippen molar-refractivity contribution in [1.29, 1.82) is 0 Å². The highest BCUT2D eigenvalue weighted by molar-refractivity contribution is 6.04. The summed E-state index contributed by atoms with van der Waals surface area (Å²) in [5.41, 5.74) is 1.26. The monoisotopic (exact) mass is 278 g/mol. The molecule has 3 rings (SSSR count). The standard InChI is InChI=1S/C14H15FN2O3/c15-11-3-1-2-10(8-11)12-9-13(20-16-12)14(18)17-4-6-19-7-5-17/h1-3,8,13H,4-7,9H2/t13-/m0/s1. The highest BCUT2D eigenvalue weighted by Gasteiger charge is 2.33. The summed E-state index contributed by atoms with van der Waals surface area (Å²) < 4.78 is 18.4. The average Bonchev–Trinajstić information content (AvgIpc) is 2.97. The Labute approximate surface area is 116 Å². The Kier molecular flexibility index (Phi) is 3.64. The summed E-state index contributed by atoms with van der Waals surface area (Å²) in [6, 6.07) is 6.14. The Morgan fingerprint density at radius 2 is 2.15 bits per heavy atom. The highest BCUT2D eigenvalue weighted by atomic mass is 19.1. The Morgan fingerprint density at radius 1 is 1.35 bits per heavy atom. The van der Waals surface area contributed by atoms with Crippen LogP contribution in [0, 0.1) is 5.82 Å². The van der Waals surface area contributed by atoms with Crippen molar-refractivity contribution < 1.29 is 18.8 Å². The number of ether oxygens (including phenoxy) is 1. The SMILES string of the molecule is O=C([C@@H]1CC(c2cccc(F)c2)=NO1)N1CCOCC1. The van der Waals surface area contributed by atoms with Gasteiger partial charge in [-0.25, -0.2) is 4.39 Å². The minimum Gasteiger partial charge on any atom is -0.382 e. The number of hydrogen-bond acceptors (Lipinski definition) is 4. The molecule has 1 atom stereocenters. The lowest BCUT2D eigenvalue weighted by atomic mass is 10.0. The minimum atomic E-state index is -0.605. The summed E-state index contributed by atoms with van der Waals surface area (Å²) in [4.78, 5) is 19.2. The van der Waals surface area contributed by atoms with Gasteiger partial charge in [0.1, 0.15) is 5.82 Å². The third-order valence-electron chi connectivity index (χ3n) is 3.42. The van der Waals surface area contributed by atoms with Gasteiger partial charge in [-0.3, -0.25) is 4.79 Å². The van der Waals surface area contributed by atoms with E-state index in [1.807, 2.05) is 0 Å². The number of benzene rings is 1. The predicted octanol–water partition coefficient (Wildman–Crippen LogP) is 1.18. The number of carbonyl (C=O) groups is 1. The number of morpholine rings is 1. The first kappa shape index (κ1) is 13.1. The smallest absolute Gasteiger partial charge is 0.267 e. The fourth-order valence-corrected chi connectivity index (χ4v) is 2.34. The van der Waals surface area contributed by atoms with E-state index < -0.39 is 6.10 Å². The maximum Gasteiger partial charge on any atom is 0.267 e. The molecule has 2 aliphatic rings. The number of nitrogens with zero attached hydrogens (tertiary/aromatic N) is 2. The van der Waals surface area contributed by atoms with Gasteiger partial charge in [0, 0.05) is 25.1 Å². The summed E-state index contributed by atoms with van der Waals surface area (Å²) in [6.45, 7) is 2.26. The molecule has 0 N–H and O–H groups in total. The van der Waals surface area contributed by atoms with Crippen molar-refractivity contribution in [3.63, 3.8) is 0 Å². The summed E-state index contributed by atoms with van der Waals surface area (Å²) >= 11 is 0. The van der Waals surface area contributed by atoms with Gasteiger partial charge in [0.05, 0.1) is 18.9 Å². The lowest BCUT2D eigenvalue weighted by molar-refractivity contribution is -0.146. The van der Waals surface area contributed by atoms with Crippen LogP contribution in [0.2, 0.25) is 0 Å². The van der Waals surface area contributed by atoms with Crippen molar-refractivity contribution >= 4 is 11.6 Å². The molecule has 0 saturated carbocycles. The van der Waals surface area contributed by atoms with Crippen molar-refractivity contribution in [2.75, 3.05) is 26.3 Å². The van der Waals surface area contributed by atoms with Crippen LogP contribution in [0.1, 0.15) is 12.0 Å². The van der Waals surface area contributed by atoms with Crippen LogP contribution in [-0.4, -0.2) is 48.9 Å². The van der Waals surface area contributed by atoms with Gasteiger partial charge < -0.3 is 14.5 Å². The van der Waals surface area contributed by atoms with E-state index >= 15 is 0 Å². The Hall–Kier alpha value is -1.95. The lowest BCUT2D eigenvalue weighted by Gasteiger charge is -2.28. The first-order valence-corrected chi connectivity index (χ1v) is 6.59. The molecule has 1 fully saturated rings. The molecule has 1 amide bonds. The quantitative estimate of drug-likeness (QED) is 0.816. The minimum absolute atomic E-state index is 0.0801. The molecule has 5 nitrogen and oxygen atoms in total. The van der Waals surface area contributed by atoms with Crippen LogP contribution in [0.15, 0.2) is 29.4 Å². The van der Waals surface area contributed by atoms with Gasteiger partial charge in [-0.2, -0.15) is 0 Å². The lowest BCUT2D eigenvalue weighted by Crippen LogP contribution is -2.45. The molecule has 0 spiro atoms. The Bertz CT molecular complexity index is 541. The van der Waals surface area contributed by atoms with Crippen molar-refractivity contribution in [1.82, 2.24) is 4.90 Å². The van der Waals surface area contributed by atoms with E-state index in [0.717, 1.165) is 0 Å². The summed E-state index contributed by atoms with van der Waals surface area (Å²) in [6.07, 6.45) is -0.231. The third kappa shape index (κ3) is 2.65. The van der Waals surface area contributed by atoms with E-state index in [1.54, 1.807) is 17.0 Å². The van der Waals surface area contributed by atoms with Crippen LogP contribution < -0.4 is 0 Å². The Morgan fingerprint density at radius 3 is 2.90 bits per heavy atom. The maximum atomic E-state index is 13.2. The van der Waals surface area contributed by atoms with Crippen molar-refractivity contribution in [2.45, 2.75) is 12.5 Å². The zero-order chi connectivity index (χ0) is 13.9. The fraction of sp³-hybridized carbons (Fsp3) is 0.429. The second-order valence-corrected chi connectivity index (χ2v) is 4.78. The van der Waals surface area contributed by atoms with Gasteiger partial charge in [-0.05, 0) is 12.1 Å². The number of oxime groups is 1. The van der Waals surface area contributed by atoms with E-state index in [9.17, 15) is 9.18 Å². The molecule has 2 heterocycles. The molecule has 0 unspecified atom stereocenters. The number of rotatable bonds is 2. The topological polar surface area (TPSA) is 51.1 Å². The number of carbonyl (C=O) groups excluding carboxylic acids is 1. The zero-order valence-electron chi connectivity index (χ0n) is 10.9. The highest BCUT2D eigenvalue weighted by Crippen LogP contribution is 2.19. The van der Waals surface area contributed by atoms with E-state index in [2.05, 4.69) is 5.16 Å². The molecule has 1 aromatic rings. The number of hydrogen-bond donors (Lipinski definition) is 0. The molecular formula is C14H15FN2O3. The van der Waals surface area contributed by atoms with Gasteiger partial charge >= 0.3 is 0 Å². The van der Waals surface area contributed by atoms with Crippen LogP contribution in [0.5, 0.6) is 0 Å². The second kappa shape index (κ2) is 5.58. The summed E-state index contributed by atoms with van der Waals surface area (Å²) in [5, 5.41) is 3.92. The number of amides is 1. The molecule has 2 aliphatic heterocycles. The van der Waals surface area contributed by atoms with Crippen molar-refractivity contribution in [3.05, 3.63) is 35.6 Å². The molecule has 6 heteroatoms. The van der Waals surface area contributed by atoms with Gasteiger partial charge in [0.25, 0.3) is 5.91 Å². The molecule has 20 heavy (non-hydrogen) atoms. The molecule has 1 aromatic carbocycles. The first-order chi connectivity index (χ1) is 9.74. The third-order valence-corrected chi connectivity index (χ3v) is 3.42. The largest absolute Gasteiger partial charge is 0.382 e. The van der Waals surface area contributed by atoms with Gasteiger partial charge in [0.2, 0.25) is 6.10 Å². The maximum absolute atomic E-state index is 13.2. The van der Waals surface area contributed by atoms with Crippen LogP contribution in [0.25, 0.3) is 0 Å². The molecule has 0 radical (unpaired) electrons. The molecule has 1 saturated heterocycles. The zero-order valence-corrected chi connectivity index (χ0v) is 10.9. The van der Waals surface area contributed by atoms with Crippen LogP contribution in [0.4, 0.5) is 4.39 Å². The van der Waals surface area contributed by atoms with Crippen LogP contribution in [-0.2, 0) is 14.4 Å². The normalized spacial score (nSPS) is 22.4. The van der Waals surface area contributed by atoms with E-state index in [-0.39, 0.29) is 11.7 Å². The van der Waals surface area contributed by atoms with Crippen molar-refractivity contribution in [3.8, 4) is 0 Å². The molecule has 0 aliphatic carbocycles. The van der Waals surface area contributed by atoms with Gasteiger partial charge in [-0.15, -0.1) is 0 Å². The van der Waals surface area contributed by atoms with Gasteiger partial charge in [0.15, 0.2) is 0 Å². The van der Waals surface area contributed by atoms with Crippen molar-refractivity contribution in [2.24, 2.45) is 5.16 Å². The predicted molar refractivity (Wildman–Crippen MR) is 69.8 cm³/mol. The molecule has 0 aromatic heterocycles. The summed E-state index contributed by atoms with van der Waals surface area (Å²) in [7, 11) is 0. The van der Waals surface area contributed by atoms with E-state index in [1.165, 1.54) is 12.1 Å². The average molecular weight is 278 g/mol. The molecular weight excluding hydrogens is 263 g/mol. The number of halogens is 1.